The summed E-state index contributed by atoms with van der Waals surface area (Å²) in [4.78, 5) is 28.9. The van der Waals surface area contributed by atoms with Crippen molar-refractivity contribution >= 4 is 29.0 Å². The Morgan fingerprint density at radius 2 is 1.79 bits per heavy atom. The van der Waals surface area contributed by atoms with Gasteiger partial charge >= 0.3 is 29.0 Å². The fourth-order valence-corrected chi connectivity index (χ4v) is 3.38. The first kappa shape index (κ1) is 26.6. The molecule has 0 amide bonds. The molecule has 1 aromatic heterocycles. The Morgan fingerprint density at radius 1 is 1.09 bits per heavy atom. The molecule has 0 radical (unpaired) electrons. The zero-order valence-electron chi connectivity index (χ0n) is 19.3. The third-order valence-electron chi connectivity index (χ3n) is 5.03. The number of ether oxygens (including phenoxy) is 3. The number of carbonyl (C=O) groups excluding carboxylic acids is 1. The number of nitrogens with zero attached hydrogens (tertiary/aromatic N) is 2. The molecule has 3 rings (SSSR count). The summed E-state index contributed by atoms with van der Waals surface area (Å²) in [6.45, 7) is 4.81. The monoisotopic (exact) mass is 460 g/mol. The summed E-state index contributed by atoms with van der Waals surface area (Å²) in [5.41, 5.74) is 2.40. The Labute approximate surface area is 209 Å². The SMILES string of the molecule is CCOC(Cc1ccc(OCCn2c(C)nc(-c3ccccc3)cc2=O)cc1)C(=O)OC.[Mg+2]. The molecule has 0 saturated carbocycles. The normalized spacial score (nSPS) is 11.4. The molecule has 0 aliphatic rings. The topological polar surface area (TPSA) is 79.7 Å². The second kappa shape index (κ2) is 13.1. The molecular formula is C25H28MgN2O5+2. The number of aryl methyl sites for hydroxylation is 1. The predicted octanol–water partition coefficient (Wildman–Crippen LogP) is 3.04. The van der Waals surface area contributed by atoms with E-state index < -0.39 is 6.10 Å². The van der Waals surface area contributed by atoms with Gasteiger partial charge in [-0.15, -0.1) is 0 Å². The van der Waals surface area contributed by atoms with Gasteiger partial charge in [0.2, 0.25) is 0 Å². The van der Waals surface area contributed by atoms with Crippen LogP contribution in [0.15, 0.2) is 65.5 Å². The molecule has 33 heavy (non-hydrogen) atoms. The number of hydrogen-bond acceptors (Lipinski definition) is 6. The average Bonchev–Trinajstić information content (AvgIpc) is 2.81. The molecule has 0 N–H and O–H groups in total. The van der Waals surface area contributed by atoms with E-state index in [9.17, 15) is 9.59 Å². The number of carbonyl (C=O) groups is 1. The zero-order valence-corrected chi connectivity index (χ0v) is 20.7. The maximum absolute atomic E-state index is 12.6. The summed E-state index contributed by atoms with van der Waals surface area (Å²) in [5, 5.41) is 0. The number of hydrogen-bond donors (Lipinski definition) is 0. The number of esters is 1. The fraction of sp³-hybridized carbons (Fsp3) is 0.320. The van der Waals surface area contributed by atoms with Gasteiger partial charge in [-0.05, 0) is 31.5 Å². The van der Waals surface area contributed by atoms with E-state index in [2.05, 4.69) is 4.98 Å². The average molecular weight is 461 g/mol. The van der Waals surface area contributed by atoms with Crippen LogP contribution in [0.5, 0.6) is 5.75 Å². The van der Waals surface area contributed by atoms with Crippen molar-refractivity contribution in [3.63, 3.8) is 0 Å². The van der Waals surface area contributed by atoms with Crippen LogP contribution < -0.4 is 10.3 Å². The van der Waals surface area contributed by atoms with Crippen molar-refractivity contribution in [3.8, 4) is 17.0 Å². The number of aromatic nitrogens is 2. The quantitative estimate of drug-likeness (QED) is 0.342. The molecule has 8 heteroatoms. The van der Waals surface area contributed by atoms with Crippen molar-refractivity contribution < 1.29 is 19.0 Å². The Hall–Kier alpha value is -2.68. The van der Waals surface area contributed by atoms with Gasteiger partial charge in [-0.3, -0.25) is 9.36 Å². The molecule has 0 aliphatic heterocycles. The minimum absolute atomic E-state index is 0. The summed E-state index contributed by atoms with van der Waals surface area (Å²) < 4.78 is 17.6. The van der Waals surface area contributed by atoms with E-state index in [1.807, 2.05) is 68.4 Å². The van der Waals surface area contributed by atoms with Crippen molar-refractivity contribution in [2.24, 2.45) is 0 Å². The van der Waals surface area contributed by atoms with Crippen molar-refractivity contribution in [3.05, 3.63) is 82.4 Å². The first-order valence-electron chi connectivity index (χ1n) is 10.6. The maximum atomic E-state index is 12.6. The zero-order chi connectivity index (χ0) is 22.9. The smallest absolute Gasteiger partial charge is 0.492 e. The van der Waals surface area contributed by atoms with E-state index in [4.69, 9.17) is 14.2 Å². The van der Waals surface area contributed by atoms with E-state index in [-0.39, 0.29) is 34.6 Å². The first-order valence-corrected chi connectivity index (χ1v) is 10.6. The number of rotatable bonds is 10. The van der Waals surface area contributed by atoms with E-state index >= 15 is 0 Å². The van der Waals surface area contributed by atoms with E-state index in [1.165, 1.54) is 7.11 Å². The molecule has 1 atom stereocenters. The van der Waals surface area contributed by atoms with Crippen LogP contribution in [-0.2, 0) is 27.2 Å². The van der Waals surface area contributed by atoms with Crippen molar-refractivity contribution in [2.75, 3.05) is 20.3 Å². The van der Waals surface area contributed by atoms with Gasteiger partial charge in [0.25, 0.3) is 5.56 Å². The molecule has 0 saturated heterocycles. The molecule has 1 unspecified atom stereocenters. The van der Waals surface area contributed by atoms with Crippen LogP contribution in [0.25, 0.3) is 11.3 Å². The molecule has 2 aromatic carbocycles. The molecule has 0 aliphatic carbocycles. The number of methoxy groups -OCH3 is 1. The minimum atomic E-state index is -0.627. The molecule has 0 bridgehead atoms. The summed E-state index contributed by atoms with van der Waals surface area (Å²) in [7, 11) is 1.35. The molecule has 168 valence electrons. The predicted molar refractivity (Wildman–Crippen MR) is 127 cm³/mol. The number of benzene rings is 2. The molecule has 3 aromatic rings. The fourth-order valence-electron chi connectivity index (χ4n) is 3.38. The van der Waals surface area contributed by atoms with Crippen LogP contribution in [0.3, 0.4) is 0 Å². The van der Waals surface area contributed by atoms with Crippen molar-refractivity contribution in [1.29, 1.82) is 0 Å². The third kappa shape index (κ3) is 7.41. The first-order chi connectivity index (χ1) is 15.5. The summed E-state index contributed by atoms with van der Waals surface area (Å²) in [6, 6.07) is 18.6. The van der Waals surface area contributed by atoms with Crippen LogP contribution in [0.2, 0.25) is 0 Å². The molecule has 7 nitrogen and oxygen atoms in total. The van der Waals surface area contributed by atoms with Crippen molar-refractivity contribution in [2.45, 2.75) is 32.9 Å². The van der Waals surface area contributed by atoms with Crippen LogP contribution in [0, 0.1) is 6.92 Å². The molecular weight excluding hydrogens is 433 g/mol. The Kier molecular flexibility index (Phi) is 10.6. The van der Waals surface area contributed by atoms with Gasteiger partial charge in [-0.25, -0.2) is 9.78 Å². The van der Waals surface area contributed by atoms with Gasteiger partial charge < -0.3 is 14.2 Å². The largest absolute Gasteiger partial charge is 2.00 e. The summed E-state index contributed by atoms with van der Waals surface area (Å²) in [5.74, 6) is 0.930. The second-order valence-electron chi connectivity index (χ2n) is 7.21. The van der Waals surface area contributed by atoms with Gasteiger partial charge in [-0.2, -0.15) is 0 Å². The van der Waals surface area contributed by atoms with E-state index in [1.54, 1.807) is 10.6 Å². The summed E-state index contributed by atoms with van der Waals surface area (Å²) >= 11 is 0. The second-order valence-corrected chi connectivity index (χ2v) is 7.21. The third-order valence-corrected chi connectivity index (χ3v) is 5.03. The van der Waals surface area contributed by atoms with Crippen LogP contribution in [0.1, 0.15) is 18.3 Å². The Bertz CT molecular complexity index is 1080. The van der Waals surface area contributed by atoms with Crippen molar-refractivity contribution in [1.82, 2.24) is 9.55 Å². The Morgan fingerprint density at radius 3 is 2.39 bits per heavy atom. The molecule has 0 spiro atoms. The molecule has 1 heterocycles. The Balaban J connectivity index is 0.00000385. The van der Waals surface area contributed by atoms with Gasteiger partial charge in [-0.1, -0.05) is 42.5 Å². The van der Waals surface area contributed by atoms with Crippen LogP contribution in [0.4, 0.5) is 0 Å². The van der Waals surface area contributed by atoms with Gasteiger partial charge in [0.1, 0.15) is 18.2 Å². The standard InChI is InChI=1S/C25H28N2O5.Mg/c1-4-31-23(25(29)30-3)16-19-10-12-21(13-11-19)32-15-14-27-18(2)26-22(17-24(27)28)20-8-6-5-7-9-20;/h5-13,17,23H,4,14-16H2,1-3H3;/q;+2. The molecule has 0 fully saturated rings. The van der Waals surface area contributed by atoms with E-state index in [0.29, 0.717) is 43.4 Å². The minimum Gasteiger partial charge on any atom is -0.492 e. The van der Waals surface area contributed by atoms with Crippen LogP contribution >= 0.6 is 0 Å². The van der Waals surface area contributed by atoms with Gasteiger partial charge in [0.15, 0.2) is 6.10 Å². The van der Waals surface area contributed by atoms with E-state index in [0.717, 1.165) is 11.1 Å². The van der Waals surface area contributed by atoms with Gasteiger partial charge in [0.05, 0.1) is 19.3 Å². The van der Waals surface area contributed by atoms with Crippen LogP contribution in [-0.4, -0.2) is 65.0 Å². The summed E-state index contributed by atoms with van der Waals surface area (Å²) in [6.07, 6.45) is -0.201. The maximum Gasteiger partial charge on any atom is 2.00 e. The van der Waals surface area contributed by atoms with Gasteiger partial charge in [0, 0.05) is 24.7 Å².